The Kier molecular flexibility index (Phi) is 3.61. The van der Waals surface area contributed by atoms with Crippen LogP contribution in [-0.2, 0) is 11.3 Å². The molecule has 2 heterocycles. The number of ether oxygens (including phenoxy) is 1. The van der Waals surface area contributed by atoms with Crippen molar-refractivity contribution in [2.75, 3.05) is 0 Å². The minimum absolute atomic E-state index is 0.104. The van der Waals surface area contributed by atoms with Crippen LogP contribution in [0.4, 0.5) is 0 Å². The summed E-state index contributed by atoms with van der Waals surface area (Å²) in [7, 11) is 0. The highest BCUT2D eigenvalue weighted by Crippen LogP contribution is 2.23. The molecule has 0 unspecified atom stereocenters. The van der Waals surface area contributed by atoms with Crippen molar-refractivity contribution in [2.45, 2.75) is 13.5 Å². The molecular formula is C18H14BrN3O2. The first-order valence-electron chi connectivity index (χ1n) is 7.49. The molecule has 0 aliphatic heterocycles. The van der Waals surface area contributed by atoms with Gasteiger partial charge in [0.2, 0.25) is 0 Å². The van der Waals surface area contributed by atoms with Gasteiger partial charge in [0.05, 0.1) is 16.6 Å². The summed E-state index contributed by atoms with van der Waals surface area (Å²) >= 11 is 3.42. The summed E-state index contributed by atoms with van der Waals surface area (Å²) in [5, 5.41) is 0.828. The number of nitrogens with one attached hydrogen (secondary N) is 2. The van der Waals surface area contributed by atoms with Gasteiger partial charge in [-0.25, -0.2) is 9.78 Å². The zero-order valence-electron chi connectivity index (χ0n) is 12.9. The zero-order chi connectivity index (χ0) is 16.7. The molecule has 0 atom stereocenters. The fraction of sp³-hybridized carbons (Fsp3) is 0.111. The van der Waals surface area contributed by atoms with Gasteiger partial charge in [-0.1, -0.05) is 22.0 Å². The number of aromatic amines is 2. The lowest BCUT2D eigenvalue weighted by Gasteiger charge is -2.02. The monoisotopic (exact) mass is 383 g/mol. The number of halogens is 1. The van der Waals surface area contributed by atoms with E-state index in [2.05, 4.69) is 30.9 Å². The Balaban J connectivity index is 1.55. The topological polar surface area (TPSA) is 70.8 Å². The first-order chi connectivity index (χ1) is 11.6. The third-order valence-corrected chi connectivity index (χ3v) is 4.38. The Morgan fingerprint density at radius 2 is 2.08 bits per heavy atom. The third kappa shape index (κ3) is 2.69. The maximum atomic E-state index is 12.4. The molecule has 2 aromatic heterocycles. The van der Waals surface area contributed by atoms with E-state index in [1.165, 1.54) is 0 Å². The molecule has 0 aliphatic rings. The quantitative estimate of drug-likeness (QED) is 0.512. The number of carbonyl (C=O) groups is 1. The second-order valence-corrected chi connectivity index (χ2v) is 6.59. The van der Waals surface area contributed by atoms with Gasteiger partial charge < -0.3 is 14.7 Å². The number of aromatic nitrogens is 3. The maximum absolute atomic E-state index is 12.4. The van der Waals surface area contributed by atoms with E-state index in [-0.39, 0.29) is 12.6 Å². The average molecular weight is 384 g/mol. The van der Waals surface area contributed by atoms with E-state index in [1.807, 2.05) is 43.3 Å². The average Bonchev–Trinajstić information content (AvgIpc) is 3.15. The highest BCUT2D eigenvalue weighted by Gasteiger charge is 2.14. The highest BCUT2D eigenvalue weighted by atomic mass is 79.9. The molecule has 5 nitrogen and oxygen atoms in total. The Morgan fingerprint density at radius 1 is 1.21 bits per heavy atom. The minimum Gasteiger partial charge on any atom is -0.454 e. The van der Waals surface area contributed by atoms with Gasteiger partial charge in [0.1, 0.15) is 12.4 Å². The molecule has 0 amide bonds. The first kappa shape index (κ1) is 15.0. The van der Waals surface area contributed by atoms with E-state index >= 15 is 0 Å². The molecule has 120 valence electrons. The fourth-order valence-electron chi connectivity index (χ4n) is 2.72. The van der Waals surface area contributed by atoms with Crippen LogP contribution in [0.2, 0.25) is 0 Å². The van der Waals surface area contributed by atoms with Crippen molar-refractivity contribution in [3.63, 3.8) is 0 Å². The molecule has 0 saturated heterocycles. The molecule has 24 heavy (non-hydrogen) atoms. The van der Waals surface area contributed by atoms with Gasteiger partial charge >= 0.3 is 5.97 Å². The summed E-state index contributed by atoms with van der Waals surface area (Å²) in [4.78, 5) is 23.1. The molecule has 0 aliphatic carbocycles. The van der Waals surface area contributed by atoms with Gasteiger partial charge in [-0.05, 0) is 42.8 Å². The van der Waals surface area contributed by atoms with Gasteiger partial charge in [0, 0.05) is 21.6 Å². The number of H-pyrrole nitrogens is 2. The van der Waals surface area contributed by atoms with Crippen LogP contribution in [0.25, 0.3) is 21.9 Å². The van der Waals surface area contributed by atoms with Crippen molar-refractivity contribution in [1.82, 2.24) is 15.0 Å². The van der Waals surface area contributed by atoms with Crippen LogP contribution in [0.5, 0.6) is 0 Å². The largest absolute Gasteiger partial charge is 0.454 e. The molecule has 0 radical (unpaired) electrons. The number of rotatable bonds is 3. The normalized spacial score (nSPS) is 11.2. The summed E-state index contributed by atoms with van der Waals surface area (Å²) < 4.78 is 6.33. The number of aryl methyl sites for hydroxylation is 1. The number of hydrogen-bond donors (Lipinski definition) is 2. The van der Waals surface area contributed by atoms with Crippen LogP contribution in [0.1, 0.15) is 21.7 Å². The third-order valence-electron chi connectivity index (χ3n) is 3.89. The van der Waals surface area contributed by atoms with Crippen molar-refractivity contribution >= 4 is 43.8 Å². The van der Waals surface area contributed by atoms with Crippen LogP contribution in [0, 0.1) is 6.92 Å². The van der Waals surface area contributed by atoms with Gasteiger partial charge in [-0.15, -0.1) is 0 Å². The maximum Gasteiger partial charge on any atom is 0.340 e. The standard InChI is InChI=1S/C18H14BrN3O2/c1-10-2-4-15-16(6-10)22-17(21-15)9-24-18(23)13-8-20-14-5-3-11(19)7-12(13)14/h2-8,20H,9H2,1H3,(H,21,22). The fourth-order valence-corrected chi connectivity index (χ4v) is 3.08. The molecule has 0 fully saturated rings. The smallest absolute Gasteiger partial charge is 0.340 e. The molecule has 0 spiro atoms. The SMILES string of the molecule is Cc1ccc2nc(COC(=O)c3c[nH]c4ccc(Br)cc34)[nH]c2c1. The van der Waals surface area contributed by atoms with Crippen LogP contribution in [-0.4, -0.2) is 20.9 Å². The first-order valence-corrected chi connectivity index (χ1v) is 8.28. The Labute approximate surface area is 146 Å². The summed E-state index contributed by atoms with van der Waals surface area (Å²) in [5.74, 6) is 0.251. The number of fused-ring (bicyclic) bond motifs is 2. The number of benzene rings is 2. The van der Waals surface area contributed by atoms with Gasteiger partial charge in [0.15, 0.2) is 0 Å². The lowest BCUT2D eigenvalue weighted by atomic mass is 10.2. The molecular weight excluding hydrogens is 370 g/mol. The number of carbonyl (C=O) groups excluding carboxylic acids is 1. The van der Waals surface area contributed by atoms with Crippen LogP contribution >= 0.6 is 15.9 Å². The van der Waals surface area contributed by atoms with Crippen molar-refractivity contribution in [3.05, 3.63) is 64.0 Å². The second-order valence-electron chi connectivity index (χ2n) is 5.67. The van der Waals surface area contributed by atoms with E-state index in [0.717, 1.165) is 32.0 Å². The number of esters is 1. The predicted octanol–water partition coefficient (Wildman–Crippen LogP) is 4.47. The van der Waals surface area contributed by atoms with Crippen molar-refractivity contribution in [1.29, 1.82) is 0 Å². The summed E-state index contributed by atoms with van der Waals surface area (Å²) in [6.07, 6.45) is 1.67. The number of nitrogens with zero attached hydrogens (tertiary/aromatic N) is 1. The van der Waals surface area contributed by atoms with E-state index < -0.39 is 0 Å². The van der Waals surface area contributed by atoms with Gasteiger partial charge in [-0.3, -0.25) is 0 Å². The molecule has 4 rings (SSSR count). The Morgan fingerprint density at radius 3 is 2.96 bits per heavy atom. The predicted molar refractivity (Wildman–Crippen MR) is 95.9 cm³/mol. The Bertz CT molecular complexity index is 1060. The Hall–Kier alpha value is -2.60. The summed E-state index contributed by atoms with van der Waals surface area (Å²) in [5.41, 5.74) is 4.36. The molecule has 0 bridgehead atoms. The van der Waals surface area contributed by atoms with Crippen molar-refractivity contribution < 1.29 is 9.53 Å². The number of imidazole rings is 1. The lowest BCUT2D eigenvalue weighted by molar-refractivity contribution is 0.0466. The van der Waals surface area contributed by atoms with E-state index in [9.17, 15) is 4.79 Å². The van der Waals surface area contributed by atoms with E-state index in [4.69, 9.17) is 4.74 Å². The molecule has 2 N–H and O–H groups in total. The van der Waals surface area contributed by atoms with Crippen molar-refractivity contribution in [3.8, 4) is 0 Å². The van der Waals surface area contributed by atoms with Crippen LogP contribution < -0.4 is 0 Å². The van der Waals surface area contributed by atoms with Gasteiger partial charge in [-0.2, -0.15) is 0 Å². The molecule has 6 heteroatoms. The zero-order valence-corrected chi connectivity index (χ0v) is 14.5. The lowest BCUT2D eigenvalue weighted by Crippen LogP contribution is -2.05. The molecule has 4 aromatic rings. The minimum atomic E-state index is -0.379. The second kappa shape index (κ2) is 5.79. The molecule has 2 aromatic carbocycles. The summed E-state index contributed by atoms with van der Waals surface area (Å²) in [6.45, 7) is 2.13. The van der Waals surface area contributed by atoms with Crippen LogP contribution in [0.15, 0.2) is 47.1 Å². The van der Waals surface area contributed by atoms with E-state index in [1.54, 1.807) is 6.20 Å². The summed E-state index contributed by atoms with van der Waals surface area (Å²) in [6, 6.07) is 11.7. The number of hydrogen-bond acceptors (Lipinski definition) is 3. The van der Waals surface area contributed by atoms with Crippen molar-refractivity contribution in [2.24, 2.45) is 0 Å². The highest BCUT2D eigenvalue weighted by molar-refractivity contribution is 9.10. The van der Waals surface area contributed by atoms with Crippen LogP contribution in [0.3, 0.4) is 0 Å². The molecule has 0 saturated carbocycles. The van der Waals surface area contributed by atoms with E-state index in [0.29, 0.717) is 11.4 Å². The van der Waals surface area contributed by atoms with Gasteiger partial charge in [0.25, 0.3) is 0 Å².